The van der Waals surface area contributed by atoms with E-state index in [0.29, 0.717) is 34.7 Å². The summed E-state index contributed by atoms with van der Waals surface area (Å²) in [5, 5.41) is 9.67. The number of amides is 1. The number of hydrogen-bond acceptors (Lipinski definition) is 9. The third-order valence-electron chi connectivity index (χ3n) is 5.28. The van der Waals surface area contributed by atoms with E-state index in [0.717, 1.165) is 22.8 Å². The van der Waals surface area contributed by atoms with Crippen molar-refractivity contribution in [3.05, 3.63) is 103 Å². The van der Waals surface area contributed by atoms with E-state index >= 15 is 0 Å². The third kappa shape index (κ3) is 6.01. The van der Waals surface area contributed by atoms with Crippen LogP contribution < -0.4 is 21.7 Å². The number of carbonyl (C=O) groups excluding carboxylic acids is 1. The number of benzene rings is 2. The maximum atomic E-state index is 11.2. The Morgan fingerprint density at radius 2 is 1.30 bits per heavy atom. The summed E-state index contributed by atoms with van der Waals surface area (Å²) in [7, 11) is 0. The van der Waals surface area contributed by atoms with E-state index in [-0.39, 0.29) is 0 Å². The molecule has 0 bridgehead atoms. The molecule has 0 saturated heterocycles. The van der Waals surface area contributed by atoms with Gasteiger partial charge in [0.2, 0.25) is 11.9 Å². The normalized spacial score (nSPS) is 10.5. The van der Waals surface area contributed by atoms with Crippen LogP contribution in [-0.2, 0) is 0 Å². The molecule has 2 aromatic carbocycles. The van der Waals surface area contributed by atoms with Crippen molar-refractivity contribution < 1.29 is 4.79 Å². The van der Waals surface area contributed by atoms with Gasteiger partial charge < -0.3 is 21.7 Å². The van der Waals surface area contributed by atoms with Gasteiger partial charge in [-0.05, 0) is 79.7 Å². The molecule has 37 heavy (non-hydrogen) atoms. The van der Waals surface area contributed by atoms with Crippen LogP contribution in [0.1, 0.15) is 16.1 Å². The average molecular weight is 490 g/mol. The highest BCUT2D eigenvalue weighted by atomic mass is 16.1. The van der Waals surface area contributed by atoms with Crippen molar-refractivity contribution in [2.75, 3.05) is 16.0 Å². The molecule has 5 rings (SSSR count). The van der Waals surface area contributed by atoms with E-state index in [2.05, 4.69) is 40.9 Å². The molecule has 0 unspecified atom stereocenters. The molecular formula is C27H23N9O. The number of hydrogen-bond donors (Lipinski definition) is 4. The first-order chi connectivity index (χ1) is 18.0. The van der Waals surface area contributed by atoms with Gasteiger partial charge in [-0.25, -0.2) is 19.9 Å². The van der Waals surface area contributed by atoms with E-state index in [4.69, 9.17) is 5.73 Å². The van der Waals surface area contributed by atoms with Crippen molar-refractivity contribution >= 4 is 40.6 Å². The van der Waals surface area contributed by atoms with Crippen LogP contribution >= 0.6 is 0 Å². The summed E-state index contributed by atoms with van der Waals surface area (Å²) in [5.74, 6) is 1.68. The Morgan fingerprint density at radius 3 is 1.97 bits per heavy atom. The van der Waals surface area contributed by atoms with Gasteiger partial charge in [0.05, 0.1) is 0 Å². The summed E-state index contributed by atoms with van der Waals surface area (Å²) in [6.07, 6.45) is 3.34. The van der Waals surface area contributed by atoms with Gasteiger partial charge in [0, 0.05) is 40.7 Å². The van der Waals surface area contributed by atoms with Crippen molar-refractivity contribution in [3.8, 4) is 11.5 Å². The van der Waals surface area contributed by atoms with Crippen LogP contribution in [0.2, 0.25) is 0 Å². The molecule has 10 heteroatoms. The number of anilines is 6. The van der Waals surface area contributed by atoms with Crippen molar-refractivity contribution in [1.82, 2.24) is 24.9 Å². The average Bonchev–Trinajstić information content (AvgIpc) is 2.91. The molecule has 3 aromatic heterocycles. The monoisotopic (exact) mass is 489 g/mol. The number of pyridine rings is 1. The molecular weight excluding hydrogens is 466 g/mol. The molecule has 0 aliphatic carbocycles. The second-order valence-electron chi connectivity index (χ2n) is 8.09. The predicted molar refractivity (Wildman–Crippen MR) is 143 cm³/mol. The zero-order chi connectivity index (χ0) is 25.6. The maximum absolute atomic E-state index is 11.2. The van der Waals surface area contributed by atoms with Crippen LogP contribution in [0.5, 0.6) is 0 Å². The summed E-state index contributed by atoms with van der Waals surface area (Å²) in [6, 6.07) is 23.9. The lowest BCUT2D eigenvalue weighted by Gasteiger charge is -2.10. The number of nitrogens with two attached hydrogens (primary N) is 1. The predicted octanol–water partition coefficient (Wildman–Crippen LogP) is 4.97. The minimum atomic E-state index is -0.454. The molecule has 0 aliphatic heterocycles. The molecule has 0 radical (unpaired) electrons. The van der Waals surface area contributed by atoms with E-state index in [1.165, 1.54) is 0 Å². The quantitative estimate of drug-likeness (QED) is 0.237. The molecule has 1 amide bonds. The third-order valence-corrected chi connectivity index (χ3v) is 5.28. The summed E-state index contributed by atoms with van der Waals surface area (Å²) in [4.78, 5) is 33.4. The number of nitrogens with one attached hydrogen (secondary N) is 3. The lowest BCUT2D eigenvalue weighted by molar-refractivity contribution is 0.100. The minimum absolute atomic E-state index is 0.433. The first-order valence-electron chi connectivity index (χ1n) is 11.4. The van der Waals surface area contributed by atoms with Gasteiger partial charge in [0.25, 0.3) is 0 Å². The number of aryl methyl sites for hydroxylation is 1. The van der Waals surface area contributed by atoms with Crippen LogP contribution in [0.3, 0.4) is 0 Å². The van der Waals surface area contributed by atoms with E-state index in [1.807, 2.05) is 49.4 Å². The highest BCUT2D eigenvalue weighted by Gasteiger charge is 2.07. The van der Waals surface area contributed by atoms with E-state index in [9.17, 15) is 4.79 Å². The van der Waals surface area contributed by atoms with Crippen molar-refractivity contribution in [2.45, 2.75) is 6.92 Å². The molecule has 5 aromatic rings. The number of primary amides is 1. The number of rotatable bonds is 8. The molecule has 3 heterocycles. The summed E-state index contributed by atoms with van der Waals surface area (Å²) in [5.41, 5.74) is 9.90. The van der Waals surface area contributed by atoms with E-state index in [1.54, 1.807) is 48.8 Å². The smallest absolute Gasteiger partial charge is 0.248 e. The molecule has 10 nitrogen and oxygen atoms in total. The van der Waals surface area contributed by atoms with Crippen LogP contribution in [0.4, 0.5) is 34.6 Å². The summed E-state index contributed by atoms with van der Waals surface area (Å²) in [6.45, 7) is 1.93. The zero-order valence-electron chi connectivity index (χ0n) is 19.9. The zero-order valence-corrected chi connectivity index (χ0v) is 19.9. The summed E-state index contributed by atoms with van der Waals surface area (Å²) < 4.78 is 0. The lowest BCUT2D eigenvalue weighted by atomic mass is 10.2. The van der Waals surface area contributed by atoms with Crippen molar-refractivity contribution in [2.24, 2.45) is 5.73 Å². The Kier molecular flexibility index (Phi) is 6.62. The SMILES string of the molecule is Cc1cccc(-c2nccc(Nc3ccnc(Nc4ccc(Nc5ccc(C(N)=O)cc5)cc4)n3)n2)n1. The van der Waals surface area contributed by atoms with Crippen LogP contribution in [0, 0.1) is 6.92 Å². The van der Waals surface area contributed by atoms with Gasteiger partial charge in [0.1, 0.15) is 17.3 Å². The Bertz CT molecular complexity index is 1540. The molecule has 0 saturated carbocycles. The van der Waals surface area contributed by atoms with Gasteiger partial charge in [-0.2, -0.15) is 4.98 Å². The largest absolute Gasteiger partial charge is 0.366 e. The Balaban J connectivity index is 1.24. The Labute approximate surface area is 213 Å². The molecule has 0 aliphatic rings. The second kappa shape index (κ2) is 10.5. The fourth-order valence-corrected chi connectivity index (χ4v) is 3.49. The van der Waals surface area contributed by atoms with E-state index < -0.39 is 5.91 Å². The fourth-order valence-electron chi connectivity index (χ4n) is 3.49. The maximum Gasteiger partial charge on any atom is 0.248 e. The standard InChI is InChI=1S/C27H23N9O/c1-17-3-2-4-22(31-17)26-29-15-13-23(35-26)34-24-14-16-30-27(36-24)33-21-11-9-20(10-12-21)32-19-7-5-18(6-8-19)25(28)37/h2-16,32H,1H3,(H2,28,37)(H2,29,30,33,34,35,36). The first-order valence-corrected chi connectivity index (χ1v) is 11.4. The minimum Gasteiger partial charge on any atom is -0.366 e. The van der Waals surface area contributed by atoms with Crippen molar-refractivity contribution in [3.63, 3.8) is 0 Å². The molecule has 0 atom stereocenters. The van der Waals surface area contributed by atoms with Gasteiger partial charge in [0.15, 0.2) is 5.82 Å². The van der Waals surface area contributed by atoms with Crippen LogP contribution in [0.15, 0.2) is 91.3 Å². The molecule has 5 N–H and O–H groups in total. The summed E-state index contributed by atoms with van der Waals surface area (Å²) >= 11 is 0. The van der Waals surface area contributed by atoms with Crippen LogP contribution in [0.25, 0.3) is 11.5 Å². The number of aromatic nitrogens is 5. The molecule has 0 spiro atoms. The highest BCUT2D eigenvalue weighted by Crippen LogP contribution is 2.22. The van der Waals surface area contributed by atoms with Crippen molar-refractivity contribution in [1.29, 1.82) is 0 Å². The van der Waals surface area contributed by atoms with Gasteiger partial charge in [-0.15, -0.1) is 0 Å². The van der Waals surface area contributed by atoms with Gasteiger partial charge >= 0.3 is 0 Å². The lowest BCUT2D eigenvalue weighted by Crippen LogP contribution is -2.10. The fraction of sp³-hybridized carbons (Fsp3) is 0.0370. The second-order valence-corrected chi connectivity index (χ2v) is 8.09. The highest BCUT2D eigenvalue weighted by molar-refractivity contribution is 5.93. The Morgan fingerprint density at radius 1 is 0.676 bits per heavy atom. The van der Waals surface area contributed by atoms with Gasteiger partial charge in [-0.1, -0.05) is 6.07 Å². The number of nitrogens with zero attached hydrogens (tertiary/aromatic N) is 5. The molecule has 0 fully saturated rings. The van der Waals surface area contributed by atoms with Gasteiger partial charge in [-0.3, -0.25) is 4.79 Å². The Hall–Kier alpha value is -5.38. The number of carbonyl (C=O) groups is 1. The first kappa shape index (κ1) is 23.4. The van der Waals surface area contributed by atoms with Crippen LogP contribution in [-0.4, -0.2) is 30.8 Å². The topological polar surface area (TPSA) is 144 Å². The molecule has 182 valence electrons.